The zero-order valence-corrected chi connectivity index (χ0v) is 8.84. The topological polar surface area (TPSA) is 37.8 Å². The molecule has 6 heteroatoms. The smallest absolute Gasteiger partial charge is 0.194 e. The molecule has 17 heavy (non-hydrogen) atoms. The van der Waals surface area contributed by atoms with Gasteiger partial charge in [0.25, 0.3) is 0 Å². The van der Waals surface area contributed by atoms with Gasteiger partial charge in [0.1, 0.15) is 12.1 Å². The van der Waals surface area contributed by atoms with Gasteiger partial charge in [-0.3, -0.25) is 0 Å². The molecule has 0 bridgehead atoms. The van der Waals surface area contributed by atoms with Gasteiger partial charge < -0.3 is 5.32 Å². The molecule has 0 radical (unpaired) electrons. The summed E-state index contributed by atoms with van der Waals surface area (Å²) in [5.41, 5.74) is 0.461. The van der Waals surface area contributed by atoms with E-state index in [4.69, 9.17) is 0 Å². The highest BCUT2D eigenvalue weighted by atomic mass is 19.2. The Balaban J connectivity index is 2.52. The molecule has 1 aromatic heterocycles. The lowest BCUT2D eigenvalue weighted by atomic mass is 10.1. The highest BCUT2D eigenvalue weighted by molar-refractivity contribution is 5.62. The maximum absolute atomic E-state index is 13.0. The number of benzene rings is 1. The van der Waals surface area contributed by atoms with E-state index in [9.17, 15) is 13.2 Å². The van der Waals surface area contributed by atoms with Gasteiger partial charge in [-0.1, -0.05) is 0 Å². The minimum absolute atomic E-state index is 0.153. The first-order chi connectivity index (χ1) is 8.11. The molecule has 88 valence electrons. The SMILES string of the molecule is CNc1cc(-c2cc(F)c(F)c(F)c2)ncn1. The average molecular weight is 239 g/mol. The van der Waals surface area contributed by atoms with Crippen molar-refractivity contribution in [3.63, 3.8) is 0 Å². The molecule has 0 amide bonds. The van der Waals surface area contributed by atoms with E-state index in [1.165, 1.54) is 12.4 Å². The number of nitrogens with zero attached hydrogens (tertiary/aromatic N) is 2. The molecule has 0 saturated heterocycles. The standard InChI is InChI=1S/C11H8F3N3/c1-15-10-4-9(16-5-17-10)6-2-7(12)11(14)8(13)3-6/h2-5H,1H3,(H,15,16,17). The van der Waals surface area contributed by atoms with Crippen molar-refractivity contribution in [3.8, 4) is 11.3 Å². The van der Waals surface area contributed by atoms with Crippen molar-refractivity contribution in [1.29, 1.82) is 0 Å². The van der Waals surface area contributed by atoms with Gasteiger partial charge in [-0.15, -0.1) is 0 Å². The number of nitrogens with one attached hydrogen (secondary N) is 1. The van der Waals surface area contributed by atoms with Gasteiger partial charge in [0.05, 0.1) is 5.69 Å². The highest BCUT2D eigenvalue weighted by Gasteiger charge is 2.12. The van der Waals surface area contributed by atoms with Gasteiger partial charge >= 0.3 is 0 Å². The van der Waals surface area contributed by atoms with Crippen LogP contribution in [0.25, 0.3) is 11.3 Å². The number of aromatic nitrogens is 2. The lowest BCUT2D eigenvalue weighted by Gasteiger charge is -2.04. The number of halogens is 3. The van der Waals surface area contributed by atoms with Crippen molar-refractivity contribution in [1.82, 2.24) is 9.97 Å². The van der Waals surface area contributed by atoms with Crippen molar-refractivity contribution in [2.45, 2.75) is 0 Å². The van der Waals surface area contributed by atoms with Crippen molar-refractivity contribution < 1.29 is 13.2 Å². The summed E-state index contributed by atoms with van der Waals surface area (Å²) in [7, 11) is 1.65. The fraction of sp³-hybridized carbons (Fsp3) is 0.0909. The minimum Gasteiger partial charge on any atom is -0.373 e. The molecule has 0 aliphatic carbocycles. The summed E-state index contributed by atoms with van der Waals surface area (Å²) in [6, 6.07) is 3.28. The molecule has 1 N–H and O–H groups in total. The van der Waals surface area contributed by atoms with Gasteiger partial charge in [0.15, 0.2) is 17.5 Å². The Hall–Kier alpha value is -2.11. The Kier molecular flexibility index (Phi) is 2.95. The van der Waals surface area contributed by atoms with Gasteiger partial charge in [0, 0.05) is 18.7 Å². The molecular formula is C11H8F3N3. The van der Waals surface area contributed by atoms with Crippen molar-refractivity contribution in [2.75, 3.05) is 12.4 Å². The van der Waals surface area contributed by atoms with Crippen LogP contribution < -0.4 is 5.32 Å². The van der Waals surface area contributed by atoms with Crippen molar-refractivity contribution in [3.05, 3.63) is 42.0 Å². The largest absolute Gasteiger partial charge is 0.373 e. The number of hydrogen-bond donors (Lipinski definition) is 1. The molecule has 0 saturated carbocycles. The fourth-order valence-corrected chi connectivity index (χ4v) is 1.36. The molecule has 0 aliphatic rings. The molecule has 0 spiro atoms. The minimum atomic E-state index is -1.49. The summed E-state index contributed by atoms with van der Waals surface area (Å²) in [6.07, 6.45) is 1.25. The summed E-state index contributed by atoms with van der Waals surface area (Å²) >= 11 is 0. The second-order valence-corrected chi connectivity index (χ2v) is 3.29. The zero-order chi connectivity index (χ0) is 12.4. The van der Waals surface area contributed by atoms with Crippen LogP contribution in [0.4, 0.5) is 19.0 Å². The van der Waals surface area contributed by atoms with E-state index < -0.39 is 17.5 Å². The van der Waals surface area contributed by atoms with Crippen LogP contribution in [0.1, 0.15) is 0 Å². The maximum atomic E-state index is 13.0. The first kappa shape index (κ1) is 11.4. The van der Waals surface area contributed by atoms with Crippen molar-refractivity contribution in [2.24, 2.45) is 0 Å². The van der Waals surface area contributed by atoms with Crippen LogP contribution >= 0.6 is 0 Å². The number of rotatable bonds is 2. The van der Waals surface area contributed by atoms with Gasteiger partial charge in [-0.2, -0.15) is 0 Å². The van der Waals surface area contributed by atoms with E-state index in [1.807, 2.05) is 0 Å². The van der Waals surface area contributed by atoms with Gasteiger partial charge in [-0.05, 0) is 12.1 Å². The van der Waals surface area contributed by atoms with Gasteiger partial charge in [-0.25, -0.2) is 23.1 Å². The molecular weight excluding hydrogens is 231 g/mol. The first-order valence-corrected chi connectivity index (χ1v) is 4.76. The third kappa shape index (κ3) is 2.20. The quantitative estimate of drug-likeness (QED) is 0.818. The summed E-state index contributed by atoms with van der Waals surface area (Å²) in [6.45, 7) is 0. The number of anilines is 1. The normalized spacial score (nSPS) is 10.4. The highest BCUT2D eigenvalue weighted by Crippen LogP contribution is 2.23. The van der Waals surface area contributed by atoms with Crippen LogP contribution in [0.3, 0.4) is 0 Å². The lowest BCUT2D eigenvalue weighted by molar-refractivity contribution is 0.447. The molecule has 2 rings (SSSR count). The first-order valence-electron chi connectivity index (χ1n) is 4.76. The monoisotopic (exact) mass is 239 g/mol. The molecule has 0 aliphatic heterocycles. The molecule has 2 aromatic rings. The van der Waals surface area contributed by atoms with Gasteiger partial charge in [0.2, 0.25) is 0 Å². The predicted octanol–water partition coefficient (Wildman–Crippen LogP) is 2.60. The zero-order valence-electron chi connectivity index (χ0n) is 8.84. The van der Waals surface area contributed by atoms with E-state index >= 15 is 0 Å². The third-order valence-corrected chi connectivity index (χ3v) is 2.20. The molecule has 3 nitrogen and oxygen atoms in total. The Morgan fingerprint density at radius 3 is 2.24 bits per heavy atom. The van der Waals surface area contributed by atoms with Crippen LogP contribution in [0, 0.1) is 17.5 Å². The summed E-state index contributed by atoms with van der Waals surface area (Å²) in [5, 5.41) is 2.77. The van der Waals surface area contributed by atoms with E-state index in [0.29, 0.717) is 11.5 Å². The van der Waals surface area contributed by atoms with Crippen LogP contribution in [0.5, 0.6) is 0 Å². The molecule has 0 unspecified atom stereocenters. The molecule has 0 fully saturated rings. The van der Waals surface area contributed by atoms with Crippen molar-refractivity contribution >= 4 is 5.82 Å². The maximum Gasteiger partial charge on any atom is 0.194 e. The molecule has 0 atom stereocenters. The summed E-state index contributed by atoms with van der Waals surface area (Å²) in [5.74, 6) is -3.48. The Morgan fingerprint density at radius 1 is 1.00 bits per heavy atom. The Morgan fingerprint density at radius 2 is 1.65 bits per heavy atom. The lowest BCUT2D eigenvalue weighted by Crippen LogP contribution is -1.96. The fourth-order valence-electron chi connectivity index (χ4n) is 1.36. The molecule has 1 heterocycles. The second kappa shape index (κ2) is 4.40. The van der Waals surface area contributed by atoms with E-state index in [1.54, 1.807) is 7.05 Å². The Labute approximate surface area is 95.3 Å². The van der Waals surface area contributed by atoms with Crippen LogP contribution in [-0.4, -0.2) is 17.0 Å². The second-order valence-electron chi connectivity index (χ2n) is 3.29. The molecule has 1 aromatic carbocycles. The predicted molar refractivity (Wildman–Crippen MR) is 56.9 cm³/mol. The summed E-state index contributed by atoms with van der Waals surface area (Å²) < 4.78 is 38.8. The Bertz CT molecular complexity index is 534. The van der Waals surface area contributed by atoms with Crippen LogP contribution in [-0.2, 0) is 0 Å². The summed E-state index contributed by atoms with van der Waals surface area (Å²) in [4.78, 5) is 7.72. The number of hydrogen-bond acceptors (Lipinski definition) is 3. The average Bonchev–Trinajstić information content (AvgIpc) is 2.35. The van der Waals surface area contributed by atoms with Crippen LogP contribution in [0.2, 0.25) is 0 Å². The van der Waals surface area contributed by atoms with E-state index in [2.05, 4.69) is 15.3 Å². The van der Waals surface area contributed by atoms with Crippen LogP contribution in [0.15, 0.2) is 24.5 Å². The third-order valence-electron chi connectivity index (χ3n) is 2.20. The van der Waals surface area contributed by atoms with E-state index in [-0.39, 0.29) is 5.56 Å². The van der Waals surface area contributed by atoms with E-state index in [0.717, 1.165) is 12.1 Å².